The Labute approximate surface area is 129 Å². The highest BCUT2D eigenvalue weighted by atomic mass is 35.5. The number of rotatable bonds is 3. The van der Waals surface area contributed by atoms with Gasteiger partial charge in [0.15, 0.2) is 0 Å². The number of aryl methyl sites for hydroxylation is 1. The van der Waals surface area contributed by atoms with Gasteiger partial charge >= 0.3 is 0 Å². The van der Waals surface area contributed by atoms with Crippen molar-refractivity contribution in [1.82, 2.24) is 9.78 Å². The Kier molecular flexibility index (Phi) is 3.67. The van der Waals surface area contributed by atoms with Gasteiger partial charge in [0.25, 0.3) is 0 Å². The Hall–Kier alpha value is -2.26. The lowest BCUT2D eigenvalue weighted by Crippen LogP contribution is -2.05. The van der Waals surface area contributed by atoms with Gasteiger partial charge < -0.3 is 5.73 Å². The monoisotopic (exact) mass is 297 g/mol. The maximum absolute atomic E-state index is 6.06. The van der Waals surface area contributed by atoms with Gasteiger partial charge in [-0.2, -0.15) is 5.10 Å². The second kappa shape index (κ2) is 5.62. The summed E-state index contributed by atoms with van der Waals surface area (Å²) in [5, 5.41) is 5.29. The predicted molar refractivity (Wildman–Crippen MR) is 87.4 cm³/mol. The minimum Gasteiger partial charge on any atom is -0.384 e. The van der Waals surface area contributed by atoms with Crippen molar-refractivity contribution < 1.29 is 0 Å². The molecule has 0 amide bonds. The van der Waals surface area contributed by atoms with Crippen LogP contribution in [-0.2, 0) is 6.54 Å². The molecule has 21 heavy (non-hydrogen) atoms. The van der Waals surface area contributed by atoms with Gasteiger partial charge in [0.1, 0.15) is 5.82 Å². The van der Waals surface area contributed by atoms with E-state index in [9.17, 15) is 0 Å². The quantitative estimate of drug-likeness (QED) is 0.789. The molecule has 0 aliphatic rings. The average Bonchev–Trinajstić information content (AvgIpc) is 2.83. The van der Waals surface area contributed by atoms with Crippen molar-refractivity contribution >= 4 is 17.4 Å². The van der Waals surface area contributed by atoms with E-state index in [1.807, 2.05) is 35.0 Å². The van der Waals surface area contributed by atoms with Crippen molar-refractivity contribution in [2.45, 2.75) is 13.5 Å². The second-order valence-corrected chi connectivity index (χ2v) is 5.54. The molecule has 3 rings (SSSR count). The van der Waals surface area contributed by atoms with Crippen molar-refractivity contribution in [2.24, 2.45) is 0 Å². The van der Waals surface area contributed by atoms with Crippen LogP contribution in [0.2, 0.25) is 5.02 Å². The molecule has 1 heterocycles. The maximum atomic E-state index is 6.06. The van der Waals surface area contributed by atoms with Crippen LogP contribution in [0.3, 0.4) is 0 Å². The molecule has 0 spiro atoms. The molecule has 4 heteroatoms. The first-order chi connectivity index (χ1) is 10.1. The SMILES string of the molecule is Cc1ccc(Cn2nc(-c3ccc(Cl)cc3)cc2N)cc1. The van der Waals surface area contributed by atoms with Crippen LogP contribution in [0.1, 0.15) is 11.1 Å². The van der Waals surface area contributed by atoms with Crippen LogP contribution in [-0.4, -0.2) is 9.78 Å². The highest BCUT2D eigenvalue weighted by molar-refractivity contribution is 6.30. The summed E-state index contributed by atoms with van der Waals surface area (Å²) in [6.45, 7) is 2.74. The van der Waals surface area contributed by atoms with Crippen molar-refractivity contribution in [3.63, 3.8) is 0 Å². The van der Waals surface area contributed by atoms with Gasteiger partial charge in [-0.3, -0.25) is 0 Å². The minimum atomic E-state index is 0.653. The zero-order valence-electron chi connectivity index (χ0n) is 11.8. The van der Waals surface area contributed by atoms with E-state index in [2.05, 4.69) is 36.3 Å². The first-order valence-electron chi connectivity index (χ1n) is 6.76. The number of nitrogens with zero attached hydrogens (tertiary/aromatic N) is 2. The van der Waals surface area contributed by atoms with Crippen LogP contribution < -0.4 is 5.73 Å². The van der Waals surface area contributed by atoms with Crippen LogP contribution in [0.5, 0.6) is 0 Å². The van der Waals surface area contributed by atoms with E-state index >= 15 is 0 Å². The van der Waals surface area contributed by atoms with Crippen molar-refractivity contribution in [3.05, 3.63) is 70.7 Å². The summed E-state index contributed by atoms with van der Waals surface area (Å²) < 4.78 is 1.81. The number of hydrogen-bond donors (Lipinski definition) is 1. The predicted octanol–water partition coefficient (Wildman–Crippen LogP) is 4.14. The topological polar surface area (TPSA) is 43.8 Å². The van der Waals surface area contributed by atoms with Crippen LogP contribution in [0.4, 0.5) is 5.82 Å². The molecular weight excluding hydrogens is 282 g/mol. The molecule has 106 valence electrons. The van der Waals surface area contributed by atoms with E-state index in [1.54, 1.807) is 0 Å². The first kappa shape index (κ1) is 13.7. The van der Waals surface area contributed by atoms with Crippen molar-refractivity contribution in [2.75, 3.05) is 5.73 Å². The fourth-order valence-electron chi connectivity index (χ4n) is 2.19. The third-order valence-corrected chi connectivity index (χ3v) is 3.66. The molecular formula is C17H16ClN3. The molecule has 0 fully saturated rings. The molecule has 3 aromatic rings. The Morgan fingerprint density at radius 2 is 1.71 bits per heavy atom. The lowest BCUT2D eigenvalue weighted by molar-refractivity contribution is 0.699. The fraction of sp³-hybridized carbons (Fsp3) is 0.118. The Morgan fingerprint density at radius 1 is 1.05 bits per heavy atom. The molecule has 0 aliphatic heterocycles. The van der Waals surface area contributed by atoms with E-state index in [1.165, 1.54) is 11.1 Å². The zero-order valence-corrected chi connectivity index (χ0v) is 12.5. The third-order valence-electron chi connectivity index (χ3n) is 3.40. The minimum absolute atomic E-state index is 0.653. The smallest absolute Gasteiger partial charge is 0.122 e. The molecule has 0 saturated carbocycles. The summed E-state index contributed by atoms with van der Waals surface area (Å²) in [6, 6.07) is 17.9. The standard InChI is InChI=1S/C17H16ClN3/c1-12-2-4-13(5-3-12)11-21-17(19)10-16(20-21)14-6-8-15(18)9-7-14/h2-10H,11,19H2,1H3. The number of anilines is 1. The van der Waals surface area contributed by atoms with E-state index in [0.29, 0.717) is 17.4 Å². The molecule has 0 aliphatic carbocycles. The van der Waals surface area contributed by atoms with Crippen LogP contribution >= 0.6 is 11.6 Å². The molecule has 0 radical (unpaired) electrons. The third kappa shape index (κ3) is 3.09. The fourth-order valence-corrected chi connectivity index (χ4v) is 2.31. The number of nitrogens with two attached hydrogens (primary N) is 1. The highest BCUT2D eigenvalue weighted by Crippen LogP contribution is 2.22. The number of aromatic nitrogens is 2. The van der Waals surface area contributed by atoms with Gasteiger partial charge in [0, 0.05) is 16.7 Å². The zero-order chi connectivity index (χ0) is 14.8. The van der Waals surface area contributed by atoms with Gasteiger partial charge in [0.05, 0.1) is 12.2 Å². The van der Waals surface area contributed by atoms with E-state index in [4.69, 9.17) is 17.3 Å². The lowest BCUT2D eigenvalue weighted by Gasteiger charge is -2.04. The Morgan fingerprint density at radius 3 is 2.38 bits per heavy atom. The van der Waals surface area contributed by atoms with Crippen LogP contribution in [0, 0.1) is 6.92 Å². The Bertz CT molecular complexity index is 743. The van der Waals surface area contributed by atoms with Gasteiger partial charge in [-0.15, -0.1) is 0 Å². The highest BCUT2D eigenvalue weighted by Gasteiger charge is 2.07. The summed E-state index contributed by atoms with van der Waals surface area (Å²) >= 11 is 5.91. The lowest BCUT2D eigenvalue weighted by atomic mass is 10.1. The van der Waals surface area contributed by atoms with Crippen molar-refractivity contribution in [1.29, 1.82) is 0 Å². The van der Waals surface area contributed by atoms with Gasteiger partial charge in [0.2, 0.25) is 0 Å². The maximum Gasteiger partial charge on any atom is 0.122 e. The molecule has 1 aromatic heterocycles. The number of halogens is 1. The molecule has 0 saturated heterocycles. The van der Waals surface area contributed by atoms with Gasteiger partial charge in [-0.05, 0) is 24.6 Å². The molecule has 0 bridgehead atoms. The van der Waals surface area contributed by atoms with Gasteiger partial charge in [-0.25, -0.2) is 4.68 Å². The first-order valence-corrected chi connectivity index (χ1v) is 7.14. The average molecular weight is 298 g/mol. The molecule has 3 nitrogen and oxygen atoms in total. The summed E-state index contributed by atoms with van der Waals surface area (Å²) in [7, 11) is 0. The second-order valence-electron chi connectivity index (χ2n) is 5.10. The van der Waals surface area contributed by atoms with Gasteiger partial charge in [-0.1, -0.05) is 53.6 Å². The van der Waals surface area contributed by atoms with Crippen molar-refractivity contribution in [3.8, 4) is 11.3 Å². The largest absolute Gasteiger partial charge is 0.384 e. The number of hydrogen-bond acceptors (Lipinski definition) is 2. The summed E-state index contributed by atoms with van der Waals surface area (Å²) in [5.41, 5.74) is 10.3. The van der Waals surface area contributed by atoms with E-state index < -0.39 is 0 Å². The summed E-state index contributed by atoms with van der Waals surface area (Å²) in [4.78, 5) is 0. The summed E-state index contributed by atoms with van der Waals surface area (Å²) in [6.07, 6.45) is 0. The number of benzene rings is 2. The molecule has 2 aromatic carbocycles. The Balaban J connectivity index is 1.87. The molecule has 0 atom stereocenters. The normalized spacial score (nSPS) is 10.8. The number of nitrogen functional groups attached to an aromatic ring is 1. The summed E-state index contributed by atoms with van der Waals surface area (Å²) in [5.74, 6) is 0.653. The molecule has 0 unspecified atom stereocenters. The van der Waals surface area contributed by atoms with E-state index in [0.717, 1.165) is 11.3 Å². The molecule has 2 N–H and O–H groups in total. The van der Waals surface area contributed by atoms with Crippen LogP contribution in [0.15, 0.2) is 54.6 Å². The van der Waals surface area contributed by atoms with Crippen LogP contribution in [0.25, 0.3) is 11.3 Å². The van der Waals surface area contributed by atoms with E-state index in [-0.39, 0.29) is 0 Å².